The quantitative estimate of drug-likeness (QED) is 0.801. The van der Waals surface area contributed by atoms with E-state index < -0.39 is 11.5 Å². The number of aromatic amines is 1. The minimum atomic E-state index is -0.505. The van der Waals surface area contributed by atoms with E-state index in [9.17, 15) is 19.6 Å². The number of carbonyl (C=O) groups excluding carboxylic acids is 2. The number of nitrogens with one attached hydrogen (secondary N) is 1. The second kappa shape index (κ2) is 7.61. The molecule has 1 fully saturated rings. The predicted octanol–water partition coefficient (Wildman–Crippen LogP) is 0.796. The third kappa shape index (κ3) is 3.79. The molecule has 3 amide bonds. The summed E-state index contributed by atoms with van der Waals surface area (Å²) in [6.07, 6.45) is 2.39. The van der Waals surface area contributed by atoms with E-state index in [2.05, 4.69) is 4.98 Å². The van der Waals surface area contributed by atoms with Crippen molar-refractivity contribution in [3.63, 3.8) is 0 Å². The molecule has 0 aromatic carbocycles. The largest absolute Gasteiger partial charge is 0.336 e. The molecule has 1 aliphatic rings. The number of rotatable bonds is 3. The SMILES string of the molecule is CSc1[nH]c(=O)c(C(=O)N2CCC(N(C)C(=O)N(C)C)C2)cc1C#N. The Labute approximate surface area is 150 Å². The van der Waals surface area contributed by atoms with Crippen LogP contribution in [0.25, 0.3) is 0 Å². The number of urea groups is 1. The second-order valence-electron chi connectivity index (χ2n) is 6.05. The molecule has 0 saturated carbocycles. The summed E-state index contributed by atoms with van der Waals surface area (Å²) < 4.78 is 0. The molecule has 0 radical (unpaired) electrons. The maximum absolute atomic E-state index is 12.7. The van der Waals surface area contributed by atoms with Gasteiger partial charge >= 0.3 is 6.03 Å². The van der Waals surface area contributed by atoms with Gasteiger partial charge < -0.3 is 19.7 Å². The summed E-state index contributed by atoms with van der Waals surface area (Å²) in [5.41, 5.74) is -0.280. The second-order valence-corrected chi connectivity index (χ2v) is 6.87. The van der Waals surface area contributed by atoms with Crippen LogP contribution in [0.1, 0.15) is 22.3 Å². The Morgan fingerprint density at radius 2 is 2.08 bits per heavy atom. The molecule has 0 aliphatic carbocycles. The molecule has 0 spiro atoms. The van der Waals surface area contributed by atoms with Gasteiger partial charge in [0.2, 0.25) is 0 Å². The van der Waals surface area contributed by atoms with Crippen LogP contribution in [0, 0.1) is 11.3 Å². The van der Waals surface area contributed by atoms with E-state index in [0.29, 0.717) is 24.5 Å². The number of thioether (sulfide) groups is 1. The van der Waals surface area contributed by atoms with E-state index in [-0.39, 0.29) is 23.2 Å². The van der Waals surface area contributed by atoms with Gasteiger partial charge in [0.1, 0.15) is 11.6 Å². The Morgan fingerprint density at radius 1 is 1.40 bits per heavy atom. The molecule has 2 heterocycles. The predicted molar refractivity (Wildman–Crippen MR) is 94.7 cm³/mol. The number of carbonyl (C=O) groups is 2. The summed E-state index contributed by atoms with van der Waals surface area (Å²) in [4.78, 5) is 44.1. The zero-order valence-corrected chi connectivity index (χ0v) is 15.5. The molecule has 134 valence electrons. The first kappa shape index (κ1) is 18.9. The lowest BCUT2D eigenvalue weighted by Gasteiger charge is -2.27. The summed E-state index contributed by atoms with van der Waals surface area (Å²) >= 11 is 1.25. The van der Waals surface area contributed by atoms with Crippen LogP contribution in [0.2, 0.25) is 0 Å². The van der Waals surface area contributed by atoms with Crippen LogP contribution in [0.5, 0.6) is 0 Å². The average Bonchev–Trinajstić information content (AvgIpc) is 3.09. The Morgan fingerprint density at radius 3 is 2.64 bits per heavy atom. The van der Waals surface area contributed by atoms with Crippen LogP contribution in [0.15, 0.2) is 15.9 Å². The Kier molecular flexibility index (Phi) is 5.74. The number of pyridine rings is 1. The standard InChI is InChI=1S/C16H21N5O3S/c1-19(2)16(24)20(3)11-5-6-21(9-11)15(23)12-7-10(8-17)14(25-4)18-13(12)22/h7,11H,5-6,9H2,1-4H3,(H,18,22). The van der Waals surface area contributed by atoms with Crippen LogP contribution >= 0.6 is 11.8 Å². The van der Waals surface area contributed by atoms with E-state index >= 15 is 0 Å². The van der Waals surface area contributed by atoms with Gasteiger partial charge in [0.15, 0.2) is 0 Å². The summed E-state index contributed by atoms with van der Waals surface area (Å²) in [6, 6.07) is 3.11. The summed E-state index contributed by atoms with van der Waals surface area (Å²) in [7, 11) is 5.05. The Hall–Kier alpha value is -2.47. The van der Waals surface area contributed by atoms with Gasteiger partial charge in [0.25, 0.3) is 11.5 Å². The number of amides is 3. The highest BCUT2D eigenvalue weighted by atomic mass is 32.2. The Bertz CT molecular complexity index is 783. The van der Waals surface area contributed by atoms with Crippen LogP contribution in [0.4, 0.5) is 4.79 Å². The van der Waals surface area contributed by atoms with Crippen molar-refractivity contribution in [1.82, 2.24) is 19.7 Å². The number of H-pyrrole nitrogens is 1. The number of likely N-dealkylation sites (N-methyl/N-ethyl adjacent to an activating group) is 1. The highest BCUT2D eigenvalue weighted by Gasteiger charge is 2.33. The first-order valence-electron chi connectivity index (χ1n) is 7.75. The summed E-state index contributed by atoms with van der Waals surface area (Å²) in [5, 5.41) is 9.62. The lowest BCUT2D eigenvalue weighted by Crippen LogP contribution is -2.45. The first-order chi connectivity index (χ1) is 11.8. The monoisotopic (exact) mass is 363 g/mol. The van der Waals surface area contributed by atoms with E-state index in [1.165, 1.54) is 22.7 Å². The lowest BCUT2D eigenvalue weighted by atomic mass is 10.2. The molecule has 1 saturated heterocycles. The van der Waals surface area contributed by atoms with E-state index in [1.807, 2.05) is 6.07 Å². The fourth-order valence-electron chi connectivity index (χ4n) is 2.80. The van der Waals surface area contributed by atoms with Gasteiger partial charge in [-0.15, -0.1) is 11.8 Å². The van der Waals surface area contributed by atoms with Gasteiger partial charge in [-0.1, -0.05) is 0 Å². The van der Waals surface area contributed by atoms with Crippen LogP contribution in [0.3, 0.4) is 0 Å². The maximum Gasteiger partial charge on any atom is 0.319 e. The molecule has 0 bridgehead atoms. The molecule has 2 rings (SSSR count). The van der Waals surface area contributed by atoms with Crippen molar-refractivity contribution in [2.75, 3.05) is 40.5 Å². The van der Waals surface area contributed by atoms with Gasteiger partial charge in [0.05, 0.1) is 16.6 Å². The first-order valence-corrected chi connectivity index (χ1v) is 8.97. The molecule has 25 heavy (non-hydrogen) atoms. The highest BCUT2D eigenvalue weighted by Crippen LogP contribution is 2.20. The minimum Gasteiger partial charge on any atom is -0.336 e. The third-order valence-corrected chi connectivity index (χ3v) is 4.97. The smallest absolute Gasteiger partial charge is 0.319 e. The van der Waals surface area contributed by atoms with Gasteiger partial charge in [-0.2, -0.15) is 5.26 Å². The number of nitrogens with zero attached hydrogens (tertiary/aromatic N) is 4. The van der Waals surface area contributed by atoms with E-state index in [1.54, 1.807) is 37.2 Å². The van der Waals surface area contributed by atoms with Crippen molar-refractivity contribution in [1.29, 1.82) is 5.26 Å². The Balaban J connectivity index is 2.19. The van der Waals surface area contributed by atoms with Crippen molar-refractivity contribution >= 4 is 23.7 Å². The minimum absolute atomic E-state index is 0.0448. The zero-order chi connectivity index (χ0) is 18.7. The normalized spacial score (nSPS) is 16.4. The molecular weight excluding hydrogens is 342 g/mol. The molecule has 9 heteroatoms. The van der Waals surface area contributed by atoms with Crippen molar-refractivity contribution in [3.05, 3.63) is 27.5 Å². The van der Waals surface area contributed by atoms with Gasteiger partial charge in [0, 0.05) is 34.2 Å². The fourth-order valence-corrected chi connectivity index (χ4v) is 3.32. The van der Waals surface area contributed by atoms with Gasteiger partial charge in [-0.3, -0.25) is 9.59 Å². The molecule has 1 aromatic heterocycles. The number of hydrogen-bond donors (Lipinski definition) is 1. The van der Waals surface area contributed by atoms with Crippen molar-refractivity contribution < 1.29 is 9.59 Å². The summed E-state index contributed by atoms with van der Waals surface area (Å²) in [6.45, 7) is 0.820. The molecule has 1 atom stereocenters. The number of aromatic nitrogens is 1. The number of nitriles is 1. The molecule has 1 N–H and O–H groups in total. The van der Waals surface area contributed by atoms with Crippen LogP contribution in [-0.4, -0.2) is 78.2 Å². The van der Waals surface area contributed by atoms with E-state index in [4.69, 9.17) is 0 Å². The molecule has 1 aromatic rings. The molecule has 1 aliphatic heterocycles. The number of likely N-dealkylation sites (tertiary alicyclic amines) is 1. The fraction of sp³-hybridized carbons (Fsp3) is 0.500. The topological polar surface area (TPSA) is 101 Å². The highest BCUT2D eigenvalue weighted by molar-refractivity contribution is 7.98. The maximum atomic E-state index is 12.7. The molecule has 8 nitrogen and oxygen atoms in total. The van der Waals surface area contributed by atoms with Crippen LogP contribution < -0.4 is 5.56 Å². The summed E-state index contributed by atoms with van der Waals surface area (Å²) in [5.74, 6) is -0.418. The van der Waals surface area contributed by atoms with E-state index in [0.717, 1.165) is 0 Å². The third-order valence-electron chi connectivity index (χ3n) is 4.24. The number of hydrogen-bond acceptors (Lipinski definition) is 5. The molecular formula is C16H21N5O3S. The zero-order valence-electron chi connectivity index (χ0n) is 14.7. The van der Waals surface area contributed by atoms with Crippen molar-refractivity contribution in [2.45, 2.75) is 17.5 Å². The van der Waals surface area contributed by atoms with Gasteiger partial charge in [-0.05, 0) is 18.7 Å². The van der Waals surface area contributed by atoms with Gasteiger partial charge in [-0.25, -0.2) is 4.79 Å². The lowest BCUT2D eigenvalue weighted by molar-refractivity contribution is 0.0778. The van der Waals surface area contributed by atoms with Crippen LogP contribution in [-0.2, 0) is 0 Å². The van der Waals surface area contributed by atoms with Crippen molar-refractivity contribution in [3.8, 4) is 6.07 Å². The average molecular weight is 363 g/mol. The van der Waals surface area contributed by atoms with Crippen molar-refractivity contribution in [2.24, 2.45) is 0 Å². The molecule has 1 unspecified atom stereocenters.